The summed E-state index contributed by atoms with van der Waals surface area (Å²) in [5.41, 5.74) is -0.831. The summed E-state index contributed by atoms with van der Waals surface area (Å²) in [6, 6.07) is 6.39. The van der Waals surface area contributed by atoms with E-state index in [0.717, 1.165) is 0 Å². The zero-order valence-corrected chi connectivity index (χ0v) is 12.9. The van der Waals surface area contributed by atoms with Crippen molar-refractivity contribution < 1.29 is 19.8 Å². The molecular weight excluding hydrogens is 324 g/mol. The van der Waals surface area contributed by atoms with E-state index in [1.807, 2.05) is 0 Å². The molecule has 0 spiro atoms. The van der Waals surface area contributed by atoms with Crippen LogP contribution >= 0.6 is 11.6 Å². The Labute approximate surface area is 135 Å². The Balaban J connectivity index is 2.81. The second-order valence-corrected chi connectivity index (χ2v) is 5.16. The van der Waals surface area contributed by atoms with Crippen molar-refractivity contribution in [1.82, 2.24) is 9.78 Å². The van der Waals surface area contributed by atoms with E-state index in [1.54, 1.807) is 31.2 Å². The Morgan fingerprint density at radius 3 is 2.30 bits per heavy atom. The minimum Gasteiger partial charge on any atom is -0.481 e. The molecule has 2 rings (SSSR count). The molecule has 120 valence electrons. The largest absolute Gasteiger partial charge is 0.481 e. The molecule has 0 atom stereocenters. The van der Waals surface area contributed by atoms with Crippen molar-refractivity contribution in [2.75, 3.05) is 0 Å². The first-order chi connectivity index (χ1) is 10.8. The summed E-state index contributed by atoms with van der Waals surface area (Å²) >= 11 is 5.83. The van der Waals surface area contributed by atoms with Gasteiger partial charge in [-0.3, -0.25) is 9.59 Å². The van der Waals surface area contributed by atoms with Gasteiger partial charge in [-0.25, -0.2) is 9.48 Å². The number of nitrogens with zero attached hydrogens (tertiary/aromatic N) is 2. The van der Waals surface area contributed by atoms with Crippen LogP contribution in [0.15, 0.2) is 29.1 Å². The molecule has 0 radical (unpaired) electrons. The Bertz CT molecular complexity index is 827. The fraction of sp³-hybridized carbons (Fsp3) is 0.200. The number of aromatic carboxylic acids is 1. The van der Waals surface area contributed by atoms with E-state index < -0.39 is 29.5 Å². The standard InChI is InChI=1S/C15H13ClN2O5/c1-2-11-10(7-12(19)20)14(21)13(15(22)23)17-18(11)9-5-3-8(16)4-6-9/h3-6H,2,7H2,1H3,(H,19,20)(H,22,23). The third kappa shape index (κ3) is 3.40. The highest BCUT2D eigenvalue weighted by Crippen LogP contribution is 2.17. The molecule has 0 saturated carbocycles. The maximum Gasteiger partial charge on any atom is 0.360 e. The van der Waals surface area contributed by atoms with Crippen molar-refractivity contribution in [2.24, 2.45) is 0 Å². The molecule has 0 unspecified atom stereocenters. The van der Waals surface area contributed by atoms with Gasteiger partial charge >= 0.3 is 11.9 Å². The smallest absolute Gasteiger partial charge is 0.360 e. The van der Waals surface area contributed by atoms with Gasteiger partial charge < -0.3 is 10.2 Å². The van der Waals surface area contributed by atoms with Gasteiger partial charge in [-0.15, -0.1) is 0 Å². The average molecular weight is 337 g/mol. The van der Waals surface area contributed by atoms with E-state index in [9.17, 15) is 14.4 Å². The Kier molecular flexibility index (Phi) is 4.80. The van der Waals surface area contributed by atoms with Crippen molar-refractivity contribution in [3.05, 3.63) is 56.5 Å². The molecule has 0 aliphatic carbocycles. The van der Waals surface area contributed by atoms with Crippen LogP contribution in [0.3, 0.4) is 0 Å². The van der Waals surface area contributed by atoms with Crippen LogP contribution < -0.4 is 5.43 Å². The monoisotopic (exact) mass is 336 g/mol. The first kappa shape index (κ1) is 16.7. The molecule has 2 aromatic rings. The molecule has 7 nitrogen and oxygen atoms in total. The Morgan fingerprint density at radius 1 is 1.22 bits per heavy atom. The average Bonchev–Trinajstić information content (AvgIpc) is 2.49. The van der Waals surface area contributed by atoms with Crippen LogP contribution in [0.2, 0.25) is 5.02 Å². The lowest BCUT2D eigenvalue weighted by atomic mass is 10.1. The summed E-state index contributed by atoms with van der Waals surface area (Å²) in [6.45, 7) is 1.73. The molecule has 0 aliphatic heterocycles. The summed E-state index contributed by atoms with van der Waals surface area (Å²) in [7, 11) is 0. The zero-order chi connectivity index (χ0) is 17.1. The first-order valence-electron chi connectivity index (χ1n) is 6.71. The molecule has 0 aliphatic rings. The van der Waals surface area contributed by atoms with Crippen LogP contribution in [-0.2, 0) is 17.6 Å². The van der Waals surface area contributed by atoms with Gasteiger partial charge in [-0.1, -0.05) is 18.5 Å². The lowest BCUT2D eigenvalue weighted by Gasteiger charge is -2.15. The quantitative estimate of drug-likeness (QED) is 0.861. The van der Waals surface area contributed by atoms with E-state index in [2.05, 4.69) is 5.10 Å². The summed E-state index contributed by atoms with van der Waals surface area (Å²) in [6.07, 6.45) is -0.258. The minimum absolute atomic E-state index is 0.0812. The van der Waals surface area contributed by atoms with Crippen molar-refractivity contribution in [1.29, 1.82) is 0 Å². The van der Waals surface area contributed by atoms with Crippen LogP contribution in [0, 0.1) is 0 Å². The summed E-state index contributed by atoms with van der Waals surface area (Å²) < 4.78 is 1.28. The van der Waals surface area contributed by atoms with Crippen molar-refractivity contribution >= 4 is 23.5 Å². The molecule has 8 heteroatoms. The third-order valence-corrected chi connectivity index (χ3v) is 3.48. The number of rotatable bonds is 5. The van der Waals surface area contributed by atoms with Gasteiger partial charge in [-0.05, 0) is 30.7 Å². The van der Waals surface area contributed by atoms with Gasteiger partial charge in [0, 0.05) is 10.6 Å². The van der Waals surface area contributed by atoms with Crippen LogP contribution in [0.25, 0.3) is 5.69 Å². The number of hydrogen-bond acceptors (Lipinski definition) is 4. The van der Waals surface area contributed by atoms with Crippen molar-refractivity contribution in [2.45, 2.75) is 19.8 Å². The number of halogens is 1. The number of benzene rings is 1. The molecule has 2 N–H and O–H groups in total. The van der Waals surface area contributed by atoms with E-state index >= 15 is 0 Å². The molecule has 1 aromatic carbocycles. The summed E-state index contributed by atoms with van der Waals surface area (Å²) in [5.74, 6) is -2.73. The molecule has 23 heavy (non-hydrogen) atoms. The lowest BCUT2D eigenvalue weighted by Crippen LogP contribution is -2.29. The van der Waals surface area contributed by atoms with E-state index in [1.165, 1.54) is 4.68 Å². The molecular formula is C15H13ClN2O5. The van der Waals surface area contributed by atoms with Crippen molar-refractivity contribution in [3.63, 3.8) is 0 Å². The van der Waals surface area contributed by atoms with E-state index in [-0.39, 0.29) is 5.56 Å². The second-order valence-electron chi connectivity index (χ2n) is 4.72. The third-order valence-electron chi connectivity index (χ3n) is 3.23. The number of hydrogen-bond donors (Lipinski definition) is 2. The predicted molar refractivity (Wildman–Crippen MR) is 82.5 cm³/mol. The second kappa shape index (κ2) is 6.62. The number of carboxylic acid groups (broad SMARTS) is 2. The van der Waals surface area contributed by atoms with Crippen LogP contribution in [0.5, 0.6) is 0 Å². The van der Waals surface area contributed by atoms with Gasteiger partial charge in [0.1, 0.15) is 0 Å². The molecule has 0 amide bonds. The van der Waals surface area contributed by atoms with Crippen LogP contribution in [-0.4, -0.2) is 31.9 Å². The maximum absolute atomic E-state index is 12.2. The highest BCUT2D eigenvalue weighted by atomic mass is 35.5. The number of aromatic nitrogens is 2. The fourth-order valence-electron chi connectivity index (χ4n) is 2.24. The number of aliphatic carboxylic acids is 1. The Hall–Kier alpha value is -2.67. The van der Waals surface area contributed by atoms with E-state index in [4.69, 9.17) is 21.8 Å². The van der Waals surface area contributed by atoms with Crippen LogP contribution in [0.1, 0.15) is 28.7 Å². The topological polar surface area (TPSA) is 109 Å². The maximum atomic E-state index is 12.2. The number of carbonyl (C=O) groups is 2. The van der Waals surface area contributed by atoms with E-state index in [0.29, 0.717) is 22.8 Å². The highest BCUT2D eigenvalue weighted by Gasteiger charge is 2.22. The minimum atomic E-state index is -1.51. The Morgan fingerprint density at radius 2 is 1.83 bits per heavy atom. The molecule has 1 heterocycles. The highest BCUT2D eigenvalue weighted by molar-refractivity contribution is 6.30. The molecule has 1 aromatic heterocycles. The molecule has 0 fully saturated rings. The summed E-state index contributed by atoms with van der Waals surface area (Å²) in [5, 5.41) is 22.5. The molecule has 0 bridgehead atoms. The van der Waals surface area contributed by atoms with Gasteiger partial charge in [-0.2, -0.15) is 5.10 Å². The summed E-state index contributed by atoms with van der Waals surface area (Å²) in [4.78, 5) is 34.5. The SMILES string of the molecule is CCc1c(CC(=O)O)c(=O)c(C(=O)O)nn1-c1ccc(Cl)cc1. The molecule has 0 saturated heterocycles. The van der Waals surface area contributed by atoms with Gasteiger partial charge in [0.15, 0.2) is 0 Å². The van der Waals surface area contributed by atoms with Gasteiger partial charge in [0.05, 0.1) is 17.8 Å². The number of carboxylic acids is 2. The normalized spacial score (nSPS) is 10.5. The lowest BCUT2D eigenvalue weighted by molar-refractivity contribution is -0.136. The predicted octanol–water partition coefficient (Wildman–Crippen LogP) is 1.77. The van der Waals surface area contributed by atoms with Crippen LogP contribution in [0.4, 0.5) is 0 Å². The van der Waals surface area contributed by atoms with Gasteiger partial charge in [0.25, 0.3) is 0 Å². The zero-order valence-electron chi connectivity index (χ0n) is 12.1. The fourth-order valence-corrected chi connectivity index (χ4v) is 2.37. The van der Waals surface area contributed by atoms with Gasteiger partial charge in [0.2, 0.25) is 11.1 Å². The first-order valence-corrected chi connectivity index (χ1v) is 7.09. The van der Waals surface area contributed by atoms with Crippen molar-refractivity contribution in [3.8, 4) is 5.69 Å².